The summed E-state index contributed by atoms with van der Waals surface area (Å²) in [6.45, 7) is 28.9. The van der Waals surface area contributed by atoms with Crippen molar-refractivity contribution < 1.29 is 28.3 Å². The van der Waals surface area contributed by atoms with Crippen LogP contribution >= 0.6 is 11.8 Å². The van der Waals surface area contributed by atoms with Gasteiger partial charge in [-0.05, 0) is 67.2 Å². The minimum atomic E-state index is -2.12. The van der Waals surface area contributed by atoms with Gasteiger partial charge in [0.25, 0.3) is 0 Å². The Morgan fingerprint density at radius 2 is 1.61 bits per heavy atom. The lowest BCUT2D eigenvalue weighted by Crippen LogP contribution is -2.45. The predicted octanol–water partition coefficient (Wildman–Crippen LogP) is 10.7. The Hall–Kier alpha value is -0.876. The van der Waals surface area contributed by atoms with Crippen molar-refractivity contribution in [1.29, 1.82) is 0 Å². The Labute approximate surface area is 276 Å². The number of esters is 1. The van der Waals surface area contributed by atoms with Gasteiger partial charge in [0.15, 0.2) is 16.6 Å². The van der Waals surface area contributed by atoms with E-state index in [-0.39, 0.29) is 40.6 Å². The molecule has 9 heteroatoms. The normalized spacial score (nSPS) is 19.9. The van der Waals surface area contributed by atoms with Crippen molar-refractivity contribution in [3.05, 3.63) is 22.8 Å². The molecule has 0 fully saturated rings. The number of carbonyl (C=O) groups is 2. The molecular weight excluding hydrogens is 605 g/mol. The molecule has 0 bridgehead atoms. The van der Waals surface area contributed by atoms with Crippen molar-refractivity contribution in [3.63, 3.8) is 0 Å². The van der Waals surface area contributed by atoms with Gasteiger partial charge in [0.1, 0.15) is 5.76 Å². The molecule has 6 nitrogen and oxygen atoms in total. The third-order valence-electron chi connectivity index (χ3n) is 9.65. The largest absolute Gasteiger partial charge is 0.481 e. The molecule has 1 aliphatic rings. The summed E-state index contributed by atoms with van der Waals surface area (Å²) in [6, 6.07) is 0. The van der Waals surface area contributed by atoms with Gasteiger partial charge >= 0.3 is 11.9 Å². The summed E-state index contributed by atoms with van der Waals surface area (Å²) in [6.07, 6.45) is 12.3. The number of ether oxygens (including phenoxy) is 1. The third kappa shape index (κ3) is 13.9. The van der Waals surface area contributed by atoms with E-state index in [4.69, 9.17) is 18.7 Å². The zero-order valence-electron chi connectivity index (χ0n) is 30.4. The Morgan fingerprint density at radius 3 is 2.14 bits per heavy atom. The van der Waals surface area contributed by atoms with Gasteiger partial charge in [0, 0.05) is 30.6 Å². The van der Waals surface area contributed by atoms with Gasteiger partial charge in [-0.3, -0.25) is 9.59 Å². The molecule has 1 N–H and O–H groups in total. The fraction of sp³-hybridized carbons (Fsp3) is 0.829. The minimum Gasteiger partial charge on any atom is -0.481 e. The molecule has 0 saturated heterocycles. The van der Waals surface area contributed by atoms with Crippen LogP contribution in [0.15, 0.2) is 22.8 Å². The molecule has 44 heavy (non-hydrogen) atoms. The fourth-order valence-corrected chi connectivity index (χ4v) is 8.76. The highest BCUT2D eigenvalue weighted by Crippen LogP contribution is 2.47. The van der Waals surface area contributed by atoms with Gasteiger partial charge in [0.2, 0.25) is 0 Å². The molecule has 0 aromatic heterocycles. The van der Waals surface area contributed by atoms with Crippen LogP contribution in [0.5, 0.6) is 0 Å². The number of unbranched alkanes of at least 4 members (excludes halogenated alkanes) is 3. The third-order valence-corrected chi connectivity index (χ3v) is 20.0. The van der Waals surface area contributed by atoms with Crippen molar-refractivity contribution in [1.82, 2.24) is 0 Å². The van der Waals surface area contributed by atoms with Crippen molar-refractivity contribution in [2.24, 2.45) is 11.8 Å². The predicted molar refractivity (Wildman–Crippen MR) is 192 cm³/mol. The molecule has 0 aromatic carbocycles. The second kappa shape index (κ2) is 17.9. The fourth-order valence-electron chi connectivity index (χ4n) is 4.86. The summed E-state index contributed by atoms with van der Waals surface area (Å²) >= 11 is 1.74. The van der Waals surface area contributed by atoms with Crippen LogP contribution in [0.2, 0.25) is 36.3 Å². The van der Waals surface area contributed by atoms with Crippen LogP contribution in [0.25, 0.3) is 0 Å². The van der Waals surface area contributed by atoms with Gasteiger partial charge in [-0.25, -0.2) is 0 Å². The van der Waals surface area contributed by atoms with Crippen LogP contribution in [0.3, 0.4) is 0 Å². The molecule has 0 heterocycles. The van der Waals surface area contributed by atoms with Gasteiger partial charge in [-0.15, -0.1) is 11.8 Å². The number of thioether (sulfide) groups is 1. The summed E-state index contributed by atoms with van der Waals surface area (Å²) in [5.41, 5.74) is 0. The molecular formula is C35H66O6SSi2. The zero-order chi connectivity index (χ0) is 33.9. The van der Waals surface area contributed by atoms with E-state index in [1.165, 1.54) is 26.2 Å². The maximum Gasteiger partial charge on any atom is 0.307 e. The minimum absolute atomic E-state index is 0.0105. The number of carboxylic acids is 1. The highest BCUT2D eigenvalue weighted by Gasteiger charge is 2.45. The van der Waals surface area contributed by atoms with Crippen LogP contribution in [0.4, 0.5) is 0 Å². The molecule has 1 rings (SSSR count). The molecule has 0 saturated carbocycles. The van der Waals surface area contributed by atoms with E-state index in [9.17, 15) is 9.59 Å². The molecule has 0 aromatic rings. The van der Waals surface area contributed by atoms with Crippen molar-refractivity contribution in [3.8, 4) is 0 Å². The van der Waals surface area contributed by atoms with Crippen molar-refractivity contribution in [2.75, 3.05) is 5.75 Å². The topological polar surface area (TPSA) is 82.1 Å². The molecule has 1 aliphatic carbocycles. The van der Waals surface area contributed by atoms with E-state index in [1.807, 2.05) is 0 Å². The molecule has 0 spiro atoms. The summed E-state index contributed by atoms with van der Waals surface area (Å²) in [4.78, 5) is 24.2. The summed E-state index contributed by atoms with van der Waals surface area (Å²) in [7, 11) is -4.14. The van der Waals surface area contributed by atoms with Gasteiger partial charge < -0.3 is 18.7 Å². The lowest BCUT2D eigenvalue weighted by atomic mass is 9.96. The second-order valence-electron chi connectivity index (χ2n) is 15.9. The standard InChI is InChI=1S/C35H66O6SSi2/c1-14-15-19-26(2)24-28(40-43(10,11)34(4,5)6)21-22-29-30(41-44(12,13)35(7,8)9)25-31(39-27(3)36)33(29)42-23-18-16-17-20-32(37)38/h21-22,26,28-30H,14-20,23-25H2,1-13H3,(H,37,38)/t26-,28-,29+,30-/m1/s1. The Bertz CT molecular complexity index is 977. The SMILES string of the molecule is CCCC[C@@H](C)C[C@@H](C=C[C@@H]1C(SCCCCCC(=O)O)=C(OC(C)=O)C[C@H]1O[Si](C)(C)C(C)(C)C)O[Si](C)(C)C(C)(C)C. The van der Waals surface area contributed by atoms with Crippen LogP contribution in [-0.4, -0.2) is 51.6 Å². The number of hydrogen-bond donors (Lipinski definition) is 1. The highest BCUT2D eigenvalue weighted by molar-refractivity contribution is 8.03. The summed E-state index contributed by atoms with van der Waals surface area (Å²) in [5, 5.41) is 9.16. The molecule has 0 radical (unpaired) electrons. The summed E-state index contributed by atoms with van der Waals surface area (Å²) < 4.78 is 19.9. The molecule has 4 atom stereocenters. The van der Waals surface area contributed by atoms with E-state index in [0.717, 1.165) is 35.7 Å². The van der Waals surface area contributed by atoms with Crippen LogP contribution in [0, 0.1) is 11.8 Å². The first kappa shape index (κ1) is 41.1. The van der Waals surface area contributed by atoms with Crippen LogP contribution in [0.1, 0.15) is 120 Å². The maximum absolute atomic E-state index is 12.2. The Morgan fingerprint density at radius 1 is 1.00 bits per heavy atom. The van der Waals surface area contributed by atoms with Crippen molar-refractivity contribution in [2.45, 2.75) is 169 Å². The second-order valence-corrected chi connectivity index (χ2v) is 26.5. The van der Waals surface area contributed by atoms with E-state index in [1.54, 1.807) is 11.8 Å². The Balaban J connectivity index is 3.47. The Kier molecular flexibility index (Phi) is 16.7. The maximum atomic E-state index is 12.2. The van der Waals surface area contributed by atoms with E-state index < -0.39 is 22.6 Å². The van der Waals surface area contributed by atoms with Crippen LogP contribution in [-0.2, 0) is 23.2 Å². The van der Waals surface area contributed by atoms with Crippen molar-refractivity contribution >= 4 is 40.3 Å². The number of carbonyl (C=O) groups excluding carboxylic acids is 1. The average molecular weight is 671 g/mol. The molecule has 0 unspecified atom stereocenters. The van der Waals surface area contributed by atoms with E-state index >= 15 is 0 Å². The number of aliphatic carboxylic acids is 1. The lowest BCUT2D eigenvalue weighted by molar-refractivity contribution is -0.138. The first-order valence-electron chi connectivity index (χ1n) is 16.9. The van der Waals surface area contributed by atoms with Gasteiger partial charge in [-0.1, -0.05) is 93.2 Å². The van der Waals surface area contributed by atoms with Gasteiger partial charge in [-0.2, -0.15) is 0 Å². The van der Waals surface area contributed by atoms with Gasteiger partial charge in [0.05, 0.1) is 12.2 Å². The van der Waals surface area contributed by atoms with Crippen LogP contribution < -0.4 is 0 Å². The lowest BCUT2D eigenvalue weighted by Gasteiger charge is -2.40. The average Bonchev–Trinajstić information content (AvgIpc) is 3.15. The van der Waals surface area contributed by atoms with E-state index in [0.29, 0.717) is 18.8 Å². The highest BCUT2D eigenvalue weighted by atomic mass is 32.2. The first-order valence-corrected chi connectivity index (χ1v) is 23.7. The van der Waals surface area contributed by atoms with E-state index in [2.05, 4.69) is 93.7 Å². The molecule has 0 aliphatic heterocycles. The smallest absolute Gasteiger partial charge is 0.307 e. The number of rotatable bonds is 19. The monoisotopic (exact) mass is 670 g/mol. The first-order chi connectivity index (χ1) is 20.1. The zero-order valence-corrected chi connectivity index (χ0v) is 33.2. The molecule has 256 valence electrons. The quantitative estimate of drug-likeness (QED) is 0.0634. The summed E-state index contributed by atoms with van der Waals surface area (Å²) in [5.74, 6) is 1.05. The number of carboxylic acid groups (broad SMARTS) is 1. The number of hydrogen-bond acceptors (Lipinski definition) is 6. The molecule has 0 amide bonds.